The first-order valence-corrected chi connectivity index (χ1v) is 6.49. The highest BCUT2D eigenvalue weighted by Gasteiger charge is 2.21. The Bertz CT molecular complexity index is 360. The third-order valence-electron chi connectivity index (χ3n) is 2.44. The van der Waals surface area contributed by atoms with E-state index < -0.39 is 0 Å². The van der Waals surface area contributed by atoms with Crippen LogP contribution in [0.1, 0.15) is 12.8 Å². The van der Waals surface area contributed by atoms with Gasteiger partial charge in [-0.3, -0.25) is 4.79 Å². The molecule has 0 saturated heterocycles. The molecule has 86 valence electrons. The van der Waals surface area contributed by atoms with Crippen molar-refractivity contribution in [3.63, 3.8) is 0 Å². The smallest absolute Gasteiger partial charge is 0.235 e. The van der Waals surface area contributed by atoms with E-state index in [2.05, 4.69) is 21.2 Å². The molecule has 0 spiro atoms. The first-order chi connectivity index (χ1) is 7.78. The zero-order chi connectivity index (χ0) is 11.4. The predicted octanol–water partition coefficient (Wildman–Crippen LogP) is 2.81. The third-order valence-corrected chi connectivity index (χ3v) is 2.95. The van der Waals surface area contributed by atoms with Crippen molar-refractivity contribution in [1.82, 2.24) is 0 Å². The molecule has 1 fully saturated rings. The minimum atomic E-state index is -0.0494. The van der Waals surface area contributed by atoms with Crippen LogP contribution in [0.15, 0.2) is 24.3 Å². The van der Waals surface area contributed by atoms with E-state index in [-0.39, 0.29) is 5.91 Å². The molecule has 4 heteroatoms. The average molecular weight is 284 g/mol. The molecule has 0 unspecified atom stereocenters. The van der Waals surface area contributed by atoms with Crippen LogP contribution in [0.4, 0.5) is 5.69 Å². The molecule has 0 aromatic heterocycles. The van der Waals surface area contributed by atoms with Crippen molar-refractivity contribution in [3.05, 3.63) is 24.3 Å². The van der Waals surface area contributed by atoms with Crippen LogP contribution in [-0.2, 0) is 4.79 Å². The molecule has 3 nitrogen and oxygen atoms in total. The molecule has 1 amide bonds. The molecule has 0 radical (unpaired) electrons. The molecule has 1 aromatic carbocycles. The Morgan fingerprint density at radius 1 is 1.38 bits per heavy atom. The first kappa shape index (κ1) is 11.5. The van der Waals surface area contributed by atoms with Crippen molar-refractivity contribution in [3.8, 4) is 5.75 Å². The van der Waals surface area contributed by atoms with Gasteiger partial charge in [-0.2, -0.15) is 0 Å². The van der Waals surface area contributed by atoms with Crippen LogP contribution in [0.3, 0.4) is 0 Å². The molecule has 0 aliphatic heterocycles. The van der Waals surface area contributed by atoms with Crippen LogP contribution in [0.25, 0.3) is 0 Å². The molecular weight excluding hydrogens is 270 g/mol. The predicted molar refractivity (Wildman–Crippen MR) is 67.1 cm³/mol. The minimum absolute atomic E-state index is 0.0494. The van der Waals surface area contributed by atoms with Crippen molar-refractivity contribution in [2.24, 2.45) is 5.92 Å². The molecule has 1 N–H and O–H groups in total. The fourth-order valence-electron chi connectivity index (χ4n) is 1.33. The number of alkyl halides is 1. The summed E-state index contributed by atoms with van der Waals surface area (Å²) in [5.41, 5.74) is 0.795. The van der Waals surface area contributed by atoms with E-state index in [1.165, 1.54) is 12.8 Å². The summed E-state index contributed by atoms with van der Waals surface area (Å²) in [7, 11) is 0. The fraction of sp³-hybridized carbons (Fsp3) is 0.417. The molecule has 0 heterocycles. The second-order valence-corrected chi connectivity index (χ2v) is 4.52. The summed E-state index contributed by atoms with van der Waals surface area (Å²) >= 11 is 3.10. The normalized spacial score (nSPS) is 14.6. The summed E-state index contributed by atoms with van der Waals surface area (Å²) in [5.74, 6) is 1.57. The summed E-state index contributed by atoms with van der Waals surface area (Å²) in [6.07, 6.45) is 2.58. The van der Waals surface area contributed by atoms with E-state index in [1.54, 1.807) is 0 Å². The Labute approximate surface area is 103 Å². The SMILES string of the molecule is O=C(CBr)Nc1ccc(OCC2CC2)cc1. The largest absolute Gasteiger partial charge is 0.493 e. The van der Waals surface area contributed by atoms with Crippen LogP contribution in [0.5, 0.6) is 5.75 Å². The van der Waals surface area contributed by atoms with Gasteiger partial charge >= 0.3 is 0 Å². The lowest BCUT2D eigenvalue weighted by Gasteiger charge is -2.06. The molecular formula is C12H14BrNO2. The standard InChI is InChI=1S/C12H14BrNO2/c13-7-12(15)14-10-3-5-11(6-4-10)16-8-9-1-2-9/h3-6,9H,1-2,7-8H2,(H,14,15). The molecule has 1 aliphatic carbocycles. The fourth-order valence-corrected chi connectivity index (χ4v) is 1.47. The van der Waals surface area contributed by atoms with Crippen LogP contribution in [0, 0.1) is 5.92 Å². The van der Waals surface area contributed by atoms with Gasteiger partial charge < -0.3 is 10.1 Å². The van der Waals surface area contributed by atoms with Crippen molar-refractivity contribution < 1.29 is 9.53 Å². The number of hydrogen-bond acceptors (Lipinski definition) is 2. The zero-order valence-electron chi connectivity index (χ0n) is 8.91. The molecule has 1 aliphatic rings. The van der Waals surface area contributed by atoms with E-state index in [4.69, 9.17) is 4.74 Å². The average Bonchev–Trinajstić information content (AvgIpc) is 3.12. The van der Waals surface area contributed by atoms with E-state index in [9.17, 15) is 4.79 Å². The highest BCUT2D eigenvalue weighted by atomic mass is 79.9. The summed E-state index contributed by atoms with van der Waals surface area (Å²) in [5, 5.41) is 3.07. The number of ether oxygens (including phenoxy) is 1. The van der Waals surface area contributed by atoms with Crippen LogP contribution in [0.2, 0.25) is 0 Å². The second kappa shape index (κ2) is 5.34. The summed E-state index contributed by atoms with van der Waals surface area (Å²) in [6.45, 7) is 0.813. The quantitative estimate of drug-likeness (QED) is 0.844. The van der Waals surface area contributed by atoms with Crippen molar-refractivity contribution >= 4 is 27.5 Å². The topological polar surface area (TPSA) is 38.3 Å². The molecule has 1 aromatic rings. The Morgan fingerprint density at radius 3 is 2.62 bits per heavy atom. The molecule has 2 rings (SSSR count). The van der Waals surface area contributed by atoms with Gasteiger partial charge in [0.2, 0.25) is 5.91 Å². The number of nitrogens with one attached hydrogen (secondary N) is 1. The number of amides is 1. The van der Waals surface area contributed by atoms with Gasteiger partial charge in [0.1, 0.15) is 5.75 Å². The van der Waals surface area contributed by atoms with Crippen LogP contribution < -0.4 is 10.1 Å². The van der Waals surface area contributed by atoms with E-state index in [0.717, 1.165) is 24.0 Å². The monoisotopic (exact) mass is 283 g/mol. The van der Waals surface area contributed by atoms with Crippen molar-refractivity contribution in [2.45, 2.75) is 12.8 Å². The highest BCUT2D eigenvalue weighted by Crippen LogP contribution is 2.29. The lowest BCUT2D eigenvalue weighted by Crippen LogP contribution is -2.12. The Hall–Kier alpha value is -1.03. The van der Waals surface area contributed by atoms with Gasteiger partial charge in [0.25, 0.3) is 0 Å². The van der Waals surface area contributed by atoms with Gasteiger partial charge in [-0.1, -0.05) is 15.9 Å². The van der Waals surface area contributed by atoms with Gasteiger partial charge in [0.15, 0.2) is 0 Å². The lowest BCUT2D eigenvalue weighted by atomic mass is 10.3. The van der Waals surface area contributed by atoms with Crippen LogP contribution >= 0.6 is 15.9 Å². The Morgan fingerprint density at radius 2 is 2.06 bits per heavy atom. The number of benzene rings is 1. The number of anilines is 1. The summed E-state index contributed by atoms with van der Waals surface area (Å²) < 4.78 is 5.59. The first-order valence-electron chi connectivity index (χ1n) is 5.36. The lowest BCUT2D eigenvalue weighted by molar-refractivity contribution is -0.113. The summed E-state index contributed by atoms with van der Waals surface area (Å²) in [6, 6.07) is 7.46. The minimum Gasteiger partial charge on any atom is -0.493 e. The maximum atomic E-state index is 11.1. The molecule has 16 heavy (non-hydrogen) atoms. The van der Waals surface area contributed by atoms with E-state index >= 15 is 0 Å². The third kappa shape index (κ3) is 3.52. The Kier molecular flexibility index (Phi) is 3.83. The van der Waals surface area contributed by atoms with E-state index in [1.807, 2.05) is 24.3 Å². The van der Waals surface area contributed by atoms with Gasteiger partial charge in [0, 0.05) is 5.69 Å². The van der Waals surface area contributed by atoms with Crippen molar-refractivity contribution in [1.29, 1.82) is 0 Å². The van der Waals surface area contributed by atoms with Gasteiger partial charge in [-0.05, 0) is 43.0 Å². The van der Waals surface area contributed by atoms with Gasteiger partial charge in [0.05, 0.1) is 11.9 Å². The second-order valence-electron chi connectivity index (χ2n) is 3.96. The molecule has 1 saturated carbocycles. The number of carbonyl (C=O) groups excluding carboxylic acids is 1. The highest BCUT2D eigenvalue weighted by molar-refractivity contribution is 9.09. The number of hydrogen-bond donors (Lipinski definition) is 1. The van der Waals surface area contributed by atoms with E-state index in [0.29, 0.717) is 5.33 Å². The Balaban J connectivity index is 1.85. The maximum absolute atomic E-state index is 11.1. The number of rotatable bonds is 5. The maximum Gasteiger partial charge on any atom is 0.235 e. The van der Waals surface area contributed by atoms with Crippen molar-refractivity contribution in [2.75, 3.05) is 17.3 Å². The number of halogens is 1. The number of carbonyl (C=O) groups is 1. The van der Waals surface area contributed by atoms with Gasteiger partial charge in [-0.15, -0.1) is 0 Å². The summed E-state index contributed by atoms with van der Waals surface area (Å²) in [4.78, 5) is 11.1. The molecule has 0 atom stereocenters. The molecule has 0 bridgehead atoms. The van der Waals surface area contributed by atoms with Crippen LogP contribution in [-0.4, -0.2) is 17.8 Å². The zero-order valence-corrected chi connectivity index (χ0v) is 10.5. The van der Waals surface area contributed by atoms with Gasteiger partial charge in [-0.25, -0.2) is 0 Å².